The molecule has 0 saturated heterocycles. The van der Waals surface area contributed by atoms with E-state index in [1.54, 1.807) is 22.8 Å². The lowest BCUT2D eigenvalue weighted by Gasteiger charge is -2.07. The second kappa shape index (κ2) is 5.55. The molecule has 0 aliphatic carbocycles. The molecule has 2 aromatic carbocycles. The first-order valence-electron chi connectivity index (χ1n) is 6.46. The Morgan fingerprint density at radius 1 is 1.09 bits per heavy atom. The molecule has 22 heavy (non-hydrogen) atoms. The van der Waals surface area contributed by atoms with Crippen molar-refractivity contribution in [1.29, 1.82) is 0 Å². The van der Waals surface area contributed by atoms with Crippen LogP contribution in [0.5, 0.6) is 5.75 Å². The molecule has 3 aromatic rings. The first kappa shape index (κ1) is 14.8. The van der Waals surface area contributed by atoms with E-state index in [2.05, 4.69) is 0 Å². The minimum atomic E-state index is -1.13. The molecule has 0 amide bonds. The molecular formula is C16H11Cl2NO3. The highest BCUT2D eigenvalue weighted by Gasteiger charge is 2.21. The number of carboxylic acid groups (broad SMARTS) is 1. The van der Waals surface area contributed by atoms with Crippen LogP contribution in [0.25, 0.3) is 10.9 Å². The number of phenols is 1. The fourth-order valence-corrected chi connectivity index (χ4v) is 2.90. The van der Waals surface area contributed by atoms with Gasteiger partial charge in [0.05, 0.1) is 5.52 Å². The second-order valence-electron chi connectivity index (χ2n) is 4.89. The van der Waals surface area contributed by atoms with E-state index in [1.165, 1.54) is 12.1 Å². The quantitative estimate of drug-likeness (QED) is 0.745. The monoisotopic (exact) mass is 335 g/mol. The van der Waals surface area contributed by atoms with E-state index in [-0.39, 0.29) is 16.5 Å². The van der Waals surface area contributed by atoms with Gasteiger partial charge in [-0.1, -0.05) is 35.3 Å². The van der Waals surface area contributed by atoms with E-state index in [0.29, 0.717) is 22.5 Å². The Kier molecular flexibility index (Phi) is 3.72. The third-order valence-electron chi connectivity index (χ3n) is 3.45. The highest BCUT2D eigenvalue weighted by molar-refractivity contribution is 6.35. The van der Waals surface area contributed by atoms with E-state index in [0.717, 1.165) is 5.56 Å². The molecule has 1 aromatic heterocycles. The van der Waals surface area contributed by atoms with Crippen LogP contribution in [0.3, 0.4) is 0 Å². The maximum atomic E-state index is 11.5. The summed E-state index contributed by atoms with van der Waals surface area (Å²) in [6.07, 6.45) is 0. The molecule has 0 unspecified atom stereocenters. The van der Waals surface area contributed by atoms with Gasteiger partial charge in [-0.15, -0.1) is 0 Å². The molecule has 0 aliphatic rings. The van der Waals surface area contributed by atoms with Gasteiger partial charge in [-0.05, 0) is 35.9 Å². The number of halogens is 2. The number of fused-ring (bicyclic) bond motifs is 1. The summed E-state index contributed by atoms with van der Waals surface area (Å²) in [5.74, 6) is -1.13. The lowest BCUT2D eigenvalue weighted by molar-refractivity contribution is 0.0699. The van der Waals surface area contributed by atoms with Crippen molar-refractivity contribution in [2.45, 2.75) is 6.54 Å². The number of rotatable bonds is 3. The second-order valence-corrected chi connectivity index (χ2v) is 5.68. The van der Waals surface area contributed by atoms with E-state index in [1.807, 2.05) is 12.1 Å². The Labute approximate surface area is 136 Å². The number of aromatic carboxylic acids is 1. The van der Waals surface area contributed by atoms with Crippen molar-refractivity contribution in [2.75, 3.05) is 0 Å². The van der Waals surface area contributed by atoms with Gasteiger partial charge in [0, 0.05) is 17.0 Å². The van der Waals surface area contributed by atoms with Crippen LogP contribution in [0.2, 0.25) is 10.2 Å². The first-order chi connectivity index (χ1) is 10.5. The molecule has 0 atom stereocenters. The highest BCUT2D eigenvalue weighted by Crippen LogP contribution is 2.33. The first-order valence-corrected chi connectivity index (χ1v) is 7.21. The molecule has 2 N–H and O–H groups in total. The zero-order chi connectivity index (χ0) is 15.9. The summed E-state index contributed by atoms with van der Waals surface area (Å²) >= 11 is 12.1. The molecule has 0 aliphatic heterocycles. The van der Waals surface area contributed by atoms with Crippen LogP contribution in [0.15, 0.2) is 42.5 Å². The minimum absolute atomic E-state index is 0.00434. The van der Waals surface area contributed by atoms with Crippen molar-refractivity contribution in [1.82, 2.24) is 4.57 Å². The number of phenolic OH excluding ortho intramolecular Hbond substituents is 1. The minimum Gasteiger partial charge on any atom is -0.508 e. The fraction of sp³-hybridized carbons (Fsp3) is 0.0625. The lowest BCUT2D eigenvalue weighted by atomic mass is 10.1. The van der Waals surface area contributed by atoms with Crippen LogP contribution in [-0.4, -0.2) is 20.7 Å². The van der Waals surface area contributed by atoms with Crippen molar-refractivity contribution in [3.05, 3.63) is 63.8 Å². The van der Waals surface area contributed by atoms with Gasteiger partial charge in [0.2, 0.25) is 0 Å². The summed E-state index contributed by atoms with van der Waals surface area (Å²) in [5, 5.41) is 20.1. The normalized spacial score (nSPS) is 11.0. The Balaban J connectivity index is 2.18. The van der Waals surface area contributed by atoms with E-state index in [4.69, 9.17) is 23.2 Å². The Hall–Kier alpha value is -2.17. The fourth-order valence-electron chi connectivity index (χ4n) is 2.44. The molecule has 4 nitrogen and oxygen atoms in total. The molecule has 6 heteroatoms. The molecule has 0 bridgehead atoms. The summed E-state index contributed by atoms with van der Waals surface area (Å²) in [6.45, 7) is 0.407. The smallest absolute Gasteiger partial charge is 0.339 e. The molecule has 0 fully saturated rings. The van der Waals surface area contributed by atoms with Crippen LogP contribution < -0.4 is 0 Å². The van der Waals surface area contributed by atoms with E-state index >= 15 is 0 Å². The summed E-state index contributed by atoms with van der Waals surface area (Å²) in [6, 6.07) is 11.8. The number of aromatic nitrogens is 1. The molecule has 0 spiro atoms. The van der Waals surface area contributed by atoms with Gasteiger partial charge < -0.3 is 14.8 Å². The Morgan fingerprint density at radius 3 is 2.41 bits per heavy atom. The van der Waals surface area contributed by atoms with E-state index in [9.17, 15) is 15.0 Å². The largest absolute Gasteiger partial charge is 0.508 e. The van der Waals surface area contributed by atoms with Gasteiger partial charge in [-0.25, -0.2) is 4.79 Å². The molecular weight excluding hydrogens is 325 g/mol. The predicted octanol–water partition coefficient (Wildman–Crippen LogP) is 4.40. The number of carboxylic acids is 1. The Bertz CT molecular complexity index is 869. The van der Waals surface area contributed by atoms with Gasteiger partial charge in [0.25, 0.3) is 0 Å². The van der Waals surface area contributed by atoms with Gasteiger partial charge in [-0.2, -0.15) is 0 Å². The maximum Gasteiger partial charge on any atom is 0.339 e. The Morgan fingerprint density at radius 2 is 1.77 bits per heavy atom. The zero-order valence-corrected chi connectivity index (χ0v) is 12.8. The van der Waals surface area contributed by atoms with Crippen molar-refractivity contribution >= 4 is 40.1 Å². The number of carbonyl (C=O) groups is 1. The van der Waals surface area contributed by atoms with Crippen LogP contribution in [0.4, 0.5) is 0 Å². The van der Waals surface area contributed by atoms with Crippen LogP contribution in [-0.2, 0) is 6.54 Å². The number of aromatic hydroxyl groups is 1. The molecule has 3 rings (SSSR count). The SMILES string of the molecule is O=C(O)c1c(Cl)n(Cc2ccc(Cl)cc2)c2ccc(O)cc12. The van der Waals surface area contributed by atoms with Crippen LogP contribution in [0.1, 0.15) is 15.9 Å². The summed E-state index contributed by atoms with van der Waals surface area (Å²) in [4.78, 5) is 11.5. The van der Waals surface area contributed by atoms with E-state index < -0.39 is 5.97 Å². The number of hydrogen-bond acceptors (Lipinski definition) is 2. The lowest BCUT2D eigenvalue weighted by Crippen LogP contribution is -2.01. The number of nitrogens with zero attached hydrogens (tertiary/aromatic N) is 1. The predicted molar refractivity (Wildman–Crippen MR) is 86.1 cm³/mol. The van der Waals surface area contributed by atoms with Crippen molar-refractivity contribution in [2.24, 2.45) is 0 Å². The van der Waals surface area contributed by atoms with Crippen molar-refractivity contribution in [3.8, 4) is 5.75 Å². The molecule has 0 saturated carbocycles. The van der Waals surface area contributed by atoms with Crippen LogP contribution in [0, 0.1) is 0 Å². The van der Waals surface area contributed by atoms with Gasteiger partial charge in [0.1, 0.15) is 16.5 Å². The summed E-state index contributed by atoms with van der Waals surface area (Å²) in [7, 11) is 0. The van der Waals surface area contributed by atoms with Gasteiger partial charge >= 0.3 is 5.97 Å². The zero-order valence-electron chi connectivity index (χ0n) is 11.3. The summed E-state index contributed by atoms with van der Waals surface area (Å²) in [5.41, 5.74) is 1.57. The summed E-state index contributed by atoms with van der Waals surface area (Å²) < 4.78 is 1.70. The highest BCUT2D eigenvalue weighted by atomic mass is 35.5. The van der Waals surface area contributed by atoms with Gasteiger partial charge in [-0.3, -0.25) is 0 Å². The topological polar surface area (TPSA) is 62.5 Å². The van der Waals surface area contributed by atoms with Crippen molar-refractivity contribution < 1.29 is 15.0 Å². The number of hydrogen-bond donors (Lipinski definition) is 2. The maximum absolute atomic E-state index is 11.5. The molecule has 0 radical (unpaired) electrons. The van der Waals surface area contributed by atoms with Crippen molar-refractivity contribution in [3.63, 3.8) is 0 Å². The average Bonchev–Trinajstić information content (AvgIpc) is 2.73. The standard InChI is InChI=1S/C16H11Cl2NO3/c17-10-3-1-9(2-4-10)8-19-13-6-5-11(20)7-12(13)14(15(19)18)16(21)22/h1-7,20H,8H2,(H,21,22). The number of benzene rings is 2. The average molecular weight is 336 g/mol. The molecule has 1 heterocycles. The van der Waals surface area contributed by atoms with Gasteiger partial charge in [0.15, 0.2) is 0 Å². The van der Waals surface area contributed by atoms with Crippen LogP contribution >= 0.6 is 23.2 Å². The molecule has 112 valence electrons. The third kappa shape index (κ3) is 2.51. The third-order valence-corrected chi connectivity index (χ3v) is 4.10.